The standard InChI is InChI=1S/C33H47N3O9/c1-32(2,3)45-31(41)34-19-21(17-22(20-34)29(38)39)28(37)36(23-10-11-23)24-12-13-26-25(18-24)35(30(40)33(4,5)44-26)14-8-16-43-27-9-6-7-15-42-27/h12-13,18,21-23,27H,6-11,14-17,19-20H2,1-5H3,(H,38,39)/t21?,22-,27?/m0/s1. The Morgan fingerprint density at radius 2 is 1.82 bits per heavy atom. The van der Waals surface area contributed by atoms with Gasteiger partial charge in [0.15, 0.2) is 11.9 Å². The fraction of sp³-hybridized carbons (Fsp3) is 0.697. The topological polar surface area (TPSA) is 135 Å². The first kappa shape index (κ1) is 33.0. The molecule has 4 aliphatic rings. The highest BCUT2D eigenvalue weighted by Gasteiger charge is 2.45. The molecule has 45 heavy (non-hydrogen) atoms. The molecule has 2 unspecified atom stereocenters. The van der Waals surface area contributed by atoms with E-state index in [0.29, 0.717) is 43.3 Å². The molecule has 248 valence electrons. The first-order valence-corrected chi connectivity index (χ1v) is 16.2. The van der Waals surface area contributed by atoms with Gasteiger partial charge in [-0.15, -0.1) is 0 Å². The van der Waals surface area contributed by atoms with Crippen molar-refractivity contribution in [2.24, 2.45) is 11.8 Å². The highest BCUT2D eigenvalue weighted by Crippen LogP contribution is 2.43. The first-order chi connectivity index (χ1) is 21.2. The van der Waals surface area contributed by atoms with Crippen LogP contribution < -0.4 is 14.5 Å². The highest BCUT2D eigenvalue weighted by molar-refractivity contribution is 6.04. The molecule has 3 aliphatic heterocycles. The second-order valence-corrected chi connectivity index (χ2v) is 14.0. The van der Waals surface area contributed by atoms with E-state index in [0.717, 1.165) is 32.1 Å². The number of anilines is 2. The molecule has 1 aromatic carbocycles. The number of carboxylic acid groups (broad SMARTS) is 1. The zero-order valence-corrected chi connectivity index (χ0v) is 27.1. The normalized spacial score (nSPS) is 24.8. The van der Waals surface area contributed by atoms with Gasteiger partial charge in [0.05, 0.1) is 24.1 Å². The fourth-order valence-corrected chi connectivity index (χ4v) is 6.19. The number of amides is 3. The Labute approximate surface area is 264 Å². The predicted octanol–water partition coefficient (Wildman–Crippen LogP) is 4.58. The molecule has 2 saturated heterocycles. The first-order valence-electron chi connectivity index (χ1n) is 16.2. The summed E-state index contributed by atoms with van der Waals surface area (Å²) in [6.45, 7) is 10.3. The Morgan fingerprint density at radius 3 is 2.47 bits per heavy atom. The molecule has 0 spiro atoms. The number of hydrogen-bond acceptors (Lipinski definition) is 8. The van der Waals surface area contributed by atoms with Crippen LogP contribution in [0, 0.1) is 11.8 Å². The van der Waals surface area contributed by atoms with Crippen molar-refractivity contribution in [3.63, 3.8) is 0 Å². The smallest absolute Gasteiger partial charge is 0.410 e. The number of fused-ring (bicyclic) bond motifs is 1. The number of carboxylic acids is 1. The summed E-state index contributed by atoms with van der Waals surface area (Å²) < 4.78 is 23.2. The lowest BCUT2D eigenvalue weighted by Gasteiger charge is -2.40. The van der Waals surface area contributed by atoms with Gasteiger partial charge in [0.2, 0.25) is 5.91 Å². The van der Waals surface area contributed by atoms with E-state index in [4.69, 9.17) is 18.9 Å². The number of rotatable bonds is 9. The van der Waals surface area contributed by atoms with Crippen molar-refractivity contribution in [1.82, 2.24) is 4.90 Å². The predicted molar refractivity (Wildman–Crippen MR) is 165 cm³/mol. The summed E-state index contributed by atoms with van der Waals surface area (Å²) in [4.78, 5) is 57.5. The summed E-state index contributed by atoms with van der Waals surface area (Å²) >= 11 is 0. The Kier molecular flexibility index (Phi) is 9.65. The number of ether oxygens (including phenoxy) is 4. The molecule has 3 atom stereocenters. The number of aliphatic carboxylic acids is 1. The van der Waals surface area contributed by atoms with Gasteiger partial charge in [-0.05, 0) is 97.8 Å². The third-order valence-electron chi connectivity index (χ3n) is 8.55. The van der Waals surface area contributed by atoms with Crippen molar-refractivity contribution >= 4 is 35.3 Å². The average Bonchev–Trinajstić information content (AvgIpc) is 3.82. The van der Waals surface area contributed by atoms with Crippen molar-refractivity contribution < 1.29 is 43.2 Å². The molecule has 3 amide bonds. The molecule has 0 radical (unpaired) electrons. The second-order valence-electron chi connectivity index (χ2n) is 14.0. The van der Waals surface area contributed by atoms with E-state index in [9.17, 15) is 24.3 Å². The molecule has 3 fully saturated rings. The van der Waals surface area contributed by atoms with Crippen LogP contribution in [0.25, 0.3) is 0 Å². The van der Waals surface area contributed by atoms with Gasteiger partial charge < -0.3 is 38.8 Å². The van der Waals surface area contributed by atoms with Gasteiger partial charge in [-0.2, -0.15) is 0 Å². The van der Waals surface area contributed by atoms with E-state index < -0.39 is 35.1 Å². The summed E-state index contributed by atoms with van der Waals surface area (Å²) in [6, 6.07) is 5.36. The lowest BCUT2D eigenvalue weighted by molar-refractivity contribution is -0.162. The zero-order chi connectivity index (χ0) is 32.5. The molecule has 1 aromatic rings. The van der Waals surface area contributed by atoms with E-state index in [1.54, 1.807) is 50.5 Å². The van der Waals surface area contributed by atoms with Gasteiger partial charge in [0, 0.05) is 38.0 Å². The van der Waals surface area contributed by atoms with E-state index in [1.807, 2.05) is 12.1 Å². The maximum Gasteiger partial charge on any atom is 0.410 e. The Hall–Kier alpha value is -3.38. The van der Waals surface area contributed by atoms with E-state index >= 15 is 0 Å². The van der Waals surface area contributed by atoms with Crippen molar-refractivity contribution in [2.45, 2.75) is 103 Å². The average molecular weight is 630 g/mol. The lowest BCUT2D eigenvalue weighted by atomic mass is 9.88. The number of likely N-dealkylation sites (tertiary alicyclic amines) is 1. The fourth-order valence-electron chi connectivity index (χ4n) is 6.19. The van der Waals surface area contributed by atoms with Crippen LogP contribution in [0.4, 0.5) is 16.2 Å². The number of nitrogens with zero attached hydrogens (tertiary/aromatic N) is 3. The monoisotopic (exact) mass is 629 g/mol. The van der Waals surface area contributed by atoms with Gasteiger partial charge in [-0.25, -0.2) is 4.79 Å². The molecular formula is C33H47N3O9. The van der Waals surface area contributed by atoms with Crippen LogP contribution in [0.15, 0.2) is 18.2 Å². The molecule has 0 aromatic heterocycles. The lowest BCUT2D eigenvalue weighted by Crippen LogP contribution is -2.53. The van der Waals surface area contributed by atoms with Gasteiger partial charge in [0.1, 0.15) is 11.4 Å². The summed E-state index contributed by atoms with van der Waals surface area (Å²) in [7, 11) is 0. The van der Waals surface area contributed by atoms with Crippen LogP contribution in [0.5, 0.6) is 5.75 Å². The van der Waals surface area contributed by atoms with Crippen molar-refractivity contribution in [2.75, 3.05) is 42.6 Å². The van der Waals surface area contributed by atoms with Crippen LogP contribution >= 0.6 is 0 Å². The van der Waals surface area contributed by atoms with Crippen molar-refractivity contribution in [3.05, 3.63) is 18.2 Å². The van der Waals surface area contributed by atoms with Crippen LogP contribution in [-0.4, -0.2) is 90.3 Å². The summed E-state index contributed by atoms with van der Waals surface area (Å²) in [6.07, 6.45) is 4.46. The van der Waals surface area contributed by atoms with Gasteiger partial charge in [0.25, 0.3) is 5.91 Å². The molecule has 5 rings (SSSR count). The van der Waals surface area contributed by atoms with Crippen LogP contribution in [0.1, 0.15) is 79.6 Å². The van der Waals surface area contributed by atoms with Crippen molar-refractivity contribution in [3.8, 4) is 5.75 Å². The minimum Gasteiger partial charge on any atom is -0.481 e. The van der Waals surface area contributed by atoms with Crippen molar-refractivity contribution in [1.29, 1.82) is 0 Å². The SMILES string of the molecule is CC(C)(C)OC(=O)N1CC(C(=O)N(c2ccc3c(c2)N(CCCOC2CCCCO2)C(=O)C(C)(C)O3)C2CC2)C[C@H](C(=O)O)C1. The van der Waals surface area contributed by atoms with Gasteiger partial charge in [-0.1, -0.05) is 0 Å². The Morgan fingerprint density at radius 1 is 1.09 bits per heavy atom. The maximum absolute atomic E-state index is 14.2. The Bertz CT molecular complexity index is 1280. The highest BCUT2D eigenvalue weighted by atomic mass is 16.7. The molecule has 12 nitrogen and oxygen atoms in total. The van der Waals surface area contributed by atoms with E-state index in [-0.39, 0.29) is 43.7 Å². The van der Waals surface area contributed by atoms with E-state index in [2.05, 4.69) is 0 Å². The molecule has 3 heterocycles. The van der Waals surface area contributed by atoms with Gasteiger partial charge in [-0.3, -0.25) is 14.4 Å². The molecule has 12 heteroatoms. The maximum atomic E-state index is 14.2. The van der Waals surface area contributed by atoms with Crippen LogP contribution in [0.3, 0.4) is 0 Å². The van der Waals surface area contributed by atoms with Crippen LogP contribution in [-0.2, 0) is 28.6 Å². The van der Waals surface area contributed by atoms with Gasteiger partial charge >= 0.3 is 12.1 Å². The largest absolute Gasteiger partial charge is 0.481 e. The quantitative estimate of drug-likeness (QED) is 0.390. The number of carbonyl (C=O) groups is 4. The number of piperidine rings is 1. The number of hydrogen-bond donors (Lipinski definition) is 1. The summed E-state index contributed by atoms with van der Waals surface area (Å²) in [5.41, 5.74) is -0.638. The minimum atomic E-state index is -1.06. The van der Waals surface area contributed by atoms with E-state index in [1.165, 1.54) is 4.90 Å². The zero-order valence-electron chi connectivity index (χ0n) is 27.1. The van der Waals surface area contributed by atoms with Crippen LogP contribution in [0.2, 0.25) is 0 Å². The molecule has 0 bridgehead atoms. The second kappa shape index (κ2) is 13.2. The number of benzene rings is 1. The Balaban J connectivity index is 1.36. The molecule has 1 aliphatic carbocycles. The summed E-state index contributed by atoms with van der Waals surface area (Å²) in [5.74, 6) is -2.56. The third kappa shape index (κ3) is 7.89. The molecular weight excluding hydrogens is 582 g/mol. The molecule has 1 saturated carbocycles. The third-order valence-corrected chi connectivity index (χ3v) is 8.55. The molecule has 1 N–H and O–H groups in total. The summed E-state index contributed by atoms with van der Waals surface area (Å²) in [5, 5.41) is 9.87. The minimum absolute atomic E-state index is 0.0168. The number of carbonyl (C=O) groups excluding carboxylic acids is 3.